The number of rotatable bonds is 10. The number of benzene rings is 2. The van der Waals surface area contributed by atoms with Crippen molar-refractivity contribution in [1.29, 1.82) is 0 Å². The lowest BCUT2D eigenvalue weighted by Crippen LogP contribution is -2.30. The molecule has 0 saturated carbocycles. The summed E-state index contributed by atoms with van der Waals surface area (Å²) < 4.78 is 33.0. The van der Waals surface area contributed by atoms with Crippen LogP contribution in [0, 0.1) is 0 Å². The first-order chi connectivity index (χ1) is 16.4. The van der Waals surface area contributed by atoms with Crippen molar-refractivity contribution in [2.45, 2.75) is 31.7 Å². The number of thioether (sulfide) groups is 1. The Morgan fingerprint density at radius 2 is 1.85 bits per heavy atom. The number of amides is 1. The van der Waals surface area contributed by atoms with Crippen molar-refractivity contribution < 1.29 is 17.8 Å². The molecule has 178 valence electrons. The summed E-state index contributed by atoms with van der Waals surface area (Å²) >= 11 is 3.37. The van der Waals surface area contributed by atoms with Crippen molar-refractivity contribution in [3.63, 3.8) is 0 Å². The number of thiazole rings is 1. The standard InChI is InChI=1S/C24H25N3O4S3/c28-23(13-10-17-5-2-1-3-6-17)25-20(21-16-33-24(26-21)22-7-4-14-32-22)15-18-8-11-19(12-9-18)27-34(29,30)31/h1-3,5-9,11-12,16,20,27H,4,10,13-15H2,(H,25,28)(H,29,30,31)/t20-/m0/s1. The number of allylic oxidation sites excluding steroid dienone is 1. The van der Waals surface area contributed by atoms with Crippen LogP contribution in [0.3, 0.4) is 0 Å². The zero-order valence-corrected chi connectivity index (χ0v) is 20.8. The molecule has 1 aliphatic rings. The number of nitrogens with one attached hydrogen (secondary N) is 2. The van der Waals surface area contributed by atoms with E-state index < -0.39 is 10.3 Å². The van der Waals surface area contributed by atoms with Gasteiger partial charge in [-0.3, -0.25) is 14.1 Å². The molecular formula is C24H25N3O4S3. The van der Waals surface area contributed by atoms with Crippen LogP contribution >= 0.6 is 23.1 Å². The molecule has 0 aliphatic carbocycles. The summed E-state index contributed by atoms with van der Waals surface area (Å²) in [5.41, 5.74) is 3.08. The monoisotopic (exact) mass is 515 g/mol. The number of hydrogen-bond acceptors (Lipinski definition) is 6. The van der Waals surface area contributed by atoms with E-state index in [4.69, 9.17) is 9.54 Å². The van der Waals surface area contributed by atoms with E-state index >= 15 is 0 Å². The third-order valence-electron chi connectivity index (χ3n) is 5.25. The fourth-order valence-electron chi connectivity index (χ4n) is 3.62. The topological polar surface area (TPSA) is 108 Å². The van der Waals surface area contributed by atoms with Gasteiger partial charge in [0, 0.05) is 22.5 Å². The summed E-state index contributed by atoms with van der Waals surface area (Å²) in [6.45, 7) is 0. The van der Waals surface area contributed by atoms with E-state index in [1.807, 2.05) is 40.4 Å². The SMILES string of the molecule is O=C(CCc1ccccc1)N[C@@H](Cc1ccc(NS(=O)(=O)O)cc1)c1csc(C2=CCCS2)n1. The average Bonchev–Trinajstić information content (AvgIpc) is 3.50. The Morgan fingerprint density at radius 1 is 1.09 bits per heavy atom. The number of aromatic nitrogens is 1. The van der Waals surface area contributed by atoms with Crippen molar-refractivity contribution >= 4 is 49.9 Å². The van der Waals surface area contributed by atoms with E-state index in [1.54, 1.807) is 47.4 Å². The van der Waals surface area contributed by atoms with Gasteiger partial charge < -0.3 is 5.32 Å². The number of aryl methyl sites for hydroxylation is 1. The molecule has 34 heavy (non-hydrogen) atoms. The number of nitrogens with zero attached hydrogens (tertiary/aromatic N) is 1. The summed E-state index contributed by atoms with van der Waals surface area (Å²) in [5.74, 6) is 1.01. The maximum atomic E-state index is 12.8. The quantitative estimate of drug-likeness (QED) is 0.333. The highest BCUT2D eigenvalue weighted by atomic mass is 32.2. The summed E-state index contributed by atoms with van der Waals surface area (Å²) in [6.07, 6.45) is 4.76. The Balaban J connectivity index is 1.48. The predicted octanol–water partition coefficient (Wildman–Crippen LogP) is 4.87. The highest BCUT2D eigenvalue weighted by Gasteiger charge is 2.21. The molecule has 3 aromatic rings. The van der Waals surface area contributed by atoms with Crippen LogP contribution in [-0.4, -0.2) is 29.6 Å². The first-order valence-electron chi connectivity index (χ1n) is 10.8. The highest BCUT2D eigenvalue weighted by Crippen LogP contribution is 2.36. The molecule has 0 fully saturated rings. The predicted molar refractivity (Wildman–Crippen MR) is 138 cm³/mol. The molecule has 0 spiro atoms. The lowest BCUT2D eigenvalue weighted by molar-refractivity contribution is -0.121. The molecule has 0 bridgehead atoms. The fourth-order valence-corrected chi connectivity index (χ4v) is 6.04. The zero-order valence-electron chi connectivity index (χ0n) is 18.3. The van der Waals surface area contributed by atoms with Gasteiger partial charge in [0.25, 0.3) is 0 Å². The van der Waals surface area contributed by atoms with Gasteiger partial charge in [-0.25, -0.2) is 4.98 Å². The van der Waals surface area contributed by atoms with Crippen LogP contribution in [0.15, 0.2) is 66.1 Å². The second kappa shape index (κ2) is 11.2. The zero-order chi connectivity index (χ0) is 24.0. The highest BCUT2D eigenvalue weighted by molar-refractivity contribution is 8.08. The largest absolute Gasteiger partial charge is 0.357 e. The molecule has 1 amide bonds. The van der Waals surface area contributed by atoms with Crippen molar-refractivity contribution in [3.8, 4) is 0 Å². The third kappa shape index (κ3) is 7.17. The van der Waals surface area contributed by atoms with Gasteiger partial charge in [-0.15, -0.1) is 23.1 Å². The van der Waals surface area contributed by atoms with E-state index in [0.717, 1.165) is 34.0 Å². The summed E-state index contributed by atoms with van der Waals surface area (Å²) in [6, 6.07) is 16.2. The minimum Gasteiger partial charge on any atom is -0.347 e. The van der Waals surface area contributed by atoms with Gasteiger partial charge >= 0.3 is 10.3 Å². The van der Waals surface area contributed by atoms with Crippen LogP contribution in [0.1, 0.15) is 40.7 Å². The maximum absolute atomic E-state index is 12.8. The molecule has 2 aromatic carbocycles. The van der Waals surface area contributed by atoms with Gasteiger partial charge in [-0.2, -0.15) is 8.42 Å². The van der Waals surface area contributed by atoms with E-state index in [2.05, 4.69) is 11.4 Å². The van der Waals surface area contributed by atoms with E-state index in [9.17, 15) is 13.2 Å². The Kier molecular flexibility index (Phi) is 8.04. The van der Waals surface area contributed by atoms with E-state index in [-0.39, 0.29) is 17.6 Å². The fraction of sp³-hybridized carbons (Fsp3) is 0.250. The molecule has 4 rings (SSSR count). The molecule has 1 atom stereocenters. The van der Waals surface area contributed by atoms with Gasteiger partial charge in [-0.1, -0.05) is 48.5 Å². The molecule has 10 heteroatoms. The molecule has 3 N–H and O–H groups in total. The number of hydrogen-bond donors (Lipinski definition) is 3. The van der Waals surface area contributed by atoms with Gasteiger partial charge in [0.15, 0.2) is 0 Å². The van der Waals surface area contributed by atoms with Crippen LogP contribution in [-0.2, 0) is 27.9 Å². The molecule has 7 nitrogen and oxygen atoms in total. The third-order valence-corrected chi connectivity index (χ3v) is 7.88. The van der Waals surface area contributed by atoms with Crippen LogP contribution in [0.4, 0.5) is 5.69 Å². The normalized spacial score (nSPS) is 14.4. The van der Waals surface area contributed by atoms with Crippen molar-refractivity contribution in [2.75, 3.05) is 10.5 Å². The lowest BCUT2D eigenvalue weighted by Gasteiger charge is -2.18. The number of carbonyl (C=O) groups is 1. The van der Waals surface area contributed by atoms with Crippen molar-refractivity contribution in [1.82, 2.24) is 10.3 Å². The summed E-state index contributed by atoms with van der Waals surface area (Å²) in [5, 5.41) is 6.09. The first kappa shape index (κ1) is 24.5. The van der Waals surface area contributed by atoms with Crippen LogP contribution in [0.5, 0.6) is 0 Å². The minimum atomic E-state index is -4.33. The number of carbonyl (C=O) groups excluding carboxylic acids is 1. The van der Waals surface area contributed by atoms with E-state index in [0.29, 0.717) is 19.3 Å². The van der Waals surface area contributed by atoms with Crippen LogP contribution < -0.4 is 10.0 Å². The second-order valence-corrected chi connectivity index (χ2v) is 11.0. The Morgan fingerprint density at radius 3 is 2.53 bits per heavy atom. The smallest absolute Gasteiger partial charge is 0.347 e. The minimum absolute atomic E-state index is 0.0532. The van der Waals surface area contributed by atoms with Gasteiger partial charge in [-0.05, 0) is 42.5 Å². The molecule has 0 unspecified atom stereocenters. The van der Waals surface area contributed by atoms with Gasteiger partial charge in [0.05, 0.1) is 17.4 Å². The van der Waals surface area contributed by atoms with Gasteiger partial charge in [0.1, 0.15) is 5.01 Å². The summed E-state index contributed by atoms with van der Waals surface area (Å²) in [7, 11) is -4.33. The number of anilines is 1. The average molecular weight is 516 g/mol. The molecule has 1 aromatic heterocycles. The molecule has 2 heterocycles. The van der Waals surface area contributed by atoms with E-state index in [1.165, 1.54) is 4.91 Å². The molecule has 0 saturated heterocycles. The molecular weight excluding hydrogens is 490 g/mol. The van der Waals surface area contributed by atoms with Crippen molar-refractivity contribution in [3.05, 3.63) is 87.9 Å². The van der Waals surface area contributed by atoms with Crippen LogP contribution in [0.25, 0.3) is 4.91 Å². The first-order valence-corrected chi connectivity index (χ1v) is 14.1. The maximum Gasteiger partial charge on any atom is 0.357 e. The molecule has 0 radical (unpaired) electrons. The van der Waals surface area contributed by atoms with Crippen LogP contribution in [0.2, 0.25) is 0 Å². The van der Waals surface area contributed by atoms with Crippen molar-refractivity contribution in [2.24, 2.45) is 0 Å². The Bertz CT molecular complexity index is 1260. The molecule has 1 aliphatic heterocycles. The lowest BCUT2D eigenvalue weighted by atomic mass is 10.0. The summed E-state index contributed by atoms with van der Waals surface area (Å²) in [4.78, 5) is 18.8. The Hall–Kier alpha value is -2.66. The second-order valence-electron chi connectivity index (χ2n) is 7.87. The van der Waals surface area contributed by atoms with Gasteiger partial charge in [0.2, 0.25) is 5.91 Å². The Labute approximate surface area is 207 Å².